The van der Waals surface area contributed by atoms with Crippen LogP contribution in [0.5, 0.6) is 0 Å². The maximum atomic E-state index is 12.6. The fourth-order valence-corrected chi connectivity index (χ4v) is 3.56. The van der Waals surface area contributed by atoms with Crippen molar-refractivity contribution in [2.75, 3.05) is 18.4 Å². The highest BCUT2D eigenvalue weighted by Gasteiger charge is 2.30. The number of nitrogens with zero attached hydrogens (tertiary/aromatic N) is 1. The van der Waals surface area contributed by atoms with Gasteiger partial charge in [-0.25, -0.2) is 0 Å². The van der Waals surface area contributed by atoms with Crippen LogP contribution in [0.2, 0.25) is 0 Å². The molecule has 1 aliphatic heterocycles. The summed E-state index contributed by atoms with van der Waals surface area (Å²) in [6.07, 6.45) is 1.85. The summed E-state index contributed by atoms with van der Waals surface area (Å²) in [7, 11) is 0. The van der Waals surface area contributed by atoms with Gasteiger partial charge >= 0.3 is 0 Å². The SMILES string of the molecule is CC(N)(C(=O)Nc1ccc(CN2CCCC(C(N)=O)C2)cc1)c1ccccc1.Cl.Cl. The summed E-state index contributed by atoms with van der Waals surface area (Å²) in [4.78, 5) is 26.3. The molecule has 2 unspecified atom stereocenters. The third kappa shape index (κ3) is 6.44. The van der Waals surface area contributed by atoms with Crippen molar-refractivity contribution in [3.63, 3.8) is 0 Å². The molecule has 1 fully saturated rings. The van der Waals surface area contributed by atoms with Crippen LogP contribution in [0.3, 0.4) is 0 Å². The lowest BCUT2D eigenvalue weighted by Gasteiger charge is -2.31. The zero-order valence-electron chi connectivity index (χ0n) is 17.0. The van der Waals surface area contributed by atoms with Crippen molar-refractivity contribution in [1.29, 1.82) is 0 Å². The average molecular weight is 453 g/mol. The van der Waals surface area contributed by atoms with Gasteiger partial charge in [0.25, 0.3) is 0 Å². The van der Waals surface area contributed by atoms with Crippen molar-refractivity contribution in [2.45, 2.75) is 31.8 Å². The first-order chi connectivity index (χ1) is 13.4. The Morgan fingerprint density at radius 1 is 1.10 bits per heavy atom. The summed E-state index contributed by atoms with van der Waals surface area (Å²) < 4.78 is 0. The van der Waals surface area contributed by atoms with Gasteiger partial charge in [0.05, 0.1) is 5.92 Å². The molecule has 2 atom stereocenters. The number of benzene rings is 2. The first-order valence-electron chi connectivity index (χ1n) is 9.63. The number of carbonyl (C=O) groups is 2. The molecule has 1 heterocycles. The fraction of sp³-hybridized carbons (Fsp3) is 0.364. The summed E-state index contributed by atoms with van der Waals surface area (Å²) in [6, 6.07) is 17.1. The van der Waals surface area contributed by atoms with Crippen LogP contribution in [0.15, 0.2) is 54.6 Å². The molecular weight excluding hydrogens is 423 g/mol. The van der Waals surface area contributed by atoms with Crippen LogP contribution in [-0.4, -0.2) is 29.8 Å². The molecule has 30 heavy (non-hydrogen) atoms. The predicted octanol–water partition coefficient (Wildman–Crippen LogP) is 3.04. The molecule has 0 bridgehead atoms. The molecule has 0 aromatic heterocycles. The number of hydrogen-bond acceptors (Lipinski definition) is 4. The lowest BCUT2D eigenvalue weighted by molar-refractivity contribution is -0.123. The number of likely N-dealkylation sites (tertiary alicyclic amines) is 1. The molecule has 0 saturated carbocycles. The number of hydrogen-bond donors (Lipinski definition) is 3. The predicted molar refractivity (Wildman–Crippen MR) is 125 cm³/mol. The van der Waals surface area contributed by atoms with Crippen molar-refractivity contribution in [2.24, 2.45) is 17.4 Å². The number of anilines is 1. The number of nitrogens with two attached hydrogens (primary N) is 2. The second-order valence-corrected chi connectivity index (χ2v) is 7.70. The van der Waals surface area contributed by atoms with Crippen molar-refractivity contribution in [1.82, 2.24) is 4.90 Å². The van der Waals surface area contributed by atoms with E-state index < -0.39 is 5.54 Å². The van der Waals surface area contributed by atoms with Gasteiger partial charge in [-0.1, -0.05) is 42.5 Å². The topological polar surface area (TPSA) is 101 Å². The van der Waals surface area contributed by atoms with E-state index in [1.54, 1.807) is 6.92 Å². The van der Waals surface area contributed by atoms with Gasteiger partial charge in [0, 0.05) is 18.8 Å². The van der Waals surface area contributed by atoms with Gasteiger partial charge in [0.2, 0.25) is 11.8 Å². The Labute approximate surface area is 190 Å². The molecular formula is C22H30Cl2N4O2. The van der Waals surface area contributed by atoms with E-state index in [-0.39, 0.29) is 42.5 Å². The zero-order valence-corrected chi connectivity index (χ0v) is 18.7. The van der Waals surface area contributed by atoms with Gasteiger partial charge in [0.15, 0.2) is 0 Å². The van der Waals surface area contributed by atoms with Crippen LogP contribution < -0.4 is 16.8 Å². The highest BCUT2D eigenvalue weighted by molar-refractivity contribution is 5.98. The quantitative estimate of drug-likeness (QED) is 0.626. The Balaban J connectivity index is 0.00000225. The standard InChI is InChI=1S/C22H28N4O2.2ClH/c1-22(24,18-7-3-2-4-8-18)21(28)25-19-11-9-16(10-12-19)14-26-13-5-6-17(15-26)20(23)27;;/h2-4,7-12,17H,5-6,13-15,24H2,1H3,(H2,23,27)(H,25,28);2*1H. The minimum absolute atomic E-state index is 0. The van der Waals surface area contributed by atoms with Crippen molar-refractivity contribution >= 4 is 42.3 Å². The Morgan fingerprint density at radius 3 is 2.33 bits per heavy atom. The largest absolute Gasteiger partial charge is 0.369 e. The van der Waals surface area contributed by atoms with Gasteiger partial charge in [0.1, 0.15) is 5.54 Å². The van der Waals surface area contributed by atoms with Crippen molar-refractivity contribution in [3.05, 3.63) is 65.7 Å². The van der Waals surface area contributed by atoms with E-state index in [0.717, 1.165) is 37.1 Å². The van der Waals surface area contributed by atoms with Crippen LogP contribution in [0.1, 0.15) is 30.9 Å². The van der Waals surface area contributed by atoms with E-state index in [1.807, 2.05) is 54.6 Å². The molecule has 0 spiro atoms. The highest BCUT2D eigenvalue weighted by atomic mass is 35.5. The third-order valence-electron chi connectivity index (χ3n) is 5.37. The monoisotopic (exact) mass is 452 g/mol. The first kappa shape index (κ1) is 25.9. The van der Waals surface area contributed by atoms with E-state index in [9.17, 15) is 9.59 Å². The van der Waals surface area contributed by atoms with Crippen LogP contribution in [0, 0.1) is 5.92 Å². The Kier molecular flexibility index (Phi) is 9.78. The average Bonchev–Trinajstić information content (AvgIpc) is 2.70. The number of halogens is 2. The number of amides is 2. The molecule has 1 saturated heterocycles. The lowest BCUT2D eigenvalue weighted by Crippen LogP contribution is -2.45. The number of nitrogens with one attached hydrogen (secondary N) is 1. The van der Waals surface area contributed by atoms with E-state index >= 15 is 0 Å². The molecule has 5 N–H and O–H groups in total. The smallest absolute Gasteiger partial charge is 0.248 e. The number of piperidine rings is 1. The molecule has 1 aliphatic rings. The Hall–Kier alpha value is -2.12. The van der Waals surface area contributed by atoms with E-state index in [0.29, 0.717) is 12.2 Å². The van der Waals surface area contributed by atoms with Crippen molar-refractivity contribution in [3.8, 4) is 0 Å². The Bertz CT molecular complexity index is 829. The summed E-state index contributed by atoms with van der Waals surface area (Å²) in [5.74, 6) is -0.537. The lowest BCUT2D eigenvalue weighted by atomic mass is 9.92. The molecule has 2 amide bonds. The van der Waals surface area contributed by atoms with Gasteiger partial charge in [-0.2, -0.15) is 0 Å². The summed E-state index contributed by atoms with van der Waals surface area (Å²) in [5.41, 5.74) is 13.2. The summed E-state index contributed by atoms with van der Waals surface area (Å²) >= 11 is 0. The number of carbonyl (C=O) groups excluding carboxylic acids is 2. The molecule has 164 valence electrons. The van der Waals surface area contributed by atoms with Gasteiger partial charge in [-0.15, -0.1) is 24.8 Å². The minimum Gasteiger partial charge on any atom is -0.369 e. The summed E-state index contributed by atoms with van der Waals surface area (Å²) in [5, 5.41) is 2.89. The van der Waals surface area contributed by atoms with Crippen LogP contribution in [0.4, 0.5) is 5.69 Å². The summed E-state index contributed by atoms with van der Waals surface area (Å²) in [6.45, 7) is 4.13. The second kappa shape index (κ2) is 11.3. The maximum Gasteiger partial charge on any atom is 0.248 e. The maximum absolute atomic E-state index is 12.6. The number of rotatable bonds is 6. The first-order valence-corrected chi connectivity index (χ1v) is 9.63. The molecule has 6 nitrogen and oxygen atoms in total. The van der Waals surface area contributed by atoms with Crippen LogP contribution in [0.25, 0.3) is 0 Å². The van der Waals surface area contributed by atoms with Crippen LogP contribution in [-0.2, 0) is 21.7 Å². The molecule has 0 aliphatic carbocycles. The normalized spacial score (nSPS) is 18.3. The molecule has 0 radical (unpaired) electrons. The molecule has 2 aromatic rings. The van der Waals surface area contributed by atoms with Crippen molar-refractivity contribution < 1.29 is 9.59 Å². The minimum atomic E-state index is -1.11. The third-order valence-corrected chi connectivity index (χ3v) is 5.37. The zero-order chi connectivity index (χ0) is 20.1. The van der Waals surface area contributed by atoms with Gasteiger partial charge < -0.3 is 16.8 Å². The number of primary amides is 1. The molecule has 2 aromatic carbocycles. The van der Waals surface area contributed by atoms with Gasteiger partial charge in [-0.3, -0.25) is 14.5 Å². The van der Waals surface area contributed by atoms with E-state index in [2.05, 4.69) is 10.2 Å². The highest BCUT2D eigenvalue weighted by Crippen LogP contribution is 2.22. The molecule has 3 rings (SSSR count). The second-order valence-electron chi connectivity index (χ2n) is 7.70. The van der Waals surface area contributed by atoms with E-state index in [1.165, 1.54) is 0 Å². The van der Waals surface area contributed by atoms with Gasteiger partial charge in [-0.05, 0) is 49.6 Å². The van der Waals surface area contributed by atoms with Crippen LogP contribution >= 0.6 is 24.8 Å². The fourth-order valence-electron chi connectivity index (χ4n) is 3.56. The Morgan fingerprint density at radius 2 is 1.73 bits per heavy atom. The van der Waals surface area contributed by atoms with E-state index in [4.69, 9.17) is 11.5 Å². The molecule has 8 heteroatoms.